The van der Waals surface area contributed by atoms with Gasteiger partial charge in [-0.05, 0) is 30.3 Å². The van der Waals surface area contributed by atoms with Crippen LogP contribution in [0.25, 0.3) is 0 Å². The van der Waals surface area contributed by atoms with Gasteiger partial charge in [-0.3, -0.25) is 4.79 Å². The molecule has 2 aromatic carbocycles. The number of carbonyl (C=O) groups excluding carboxylic acids is 1. The van der Waals surface area contributed by atoms with Crippen molar-refractivity contribution in [3.05, 3.63) is 58.1 Å². The maximum atomic E-state index is 11.9. The highest BCUT2D eigenvalue weighted by atomic mass is 35.5. The van der Waals surface area contributed by atoms with Crippen LogP contribution < -0.4 is 5.32 Å². The number of carbonyl (C=O) groups is 1. The van der Waals surface area contributed by atoms with Crippen molar-refractivity contribution in [3.63, 3.8) is 0 Å². The number of rotatable bonds is 2. The summed E-state index contributed by atoms with van der Waals surface area (Å²) < 4.78 is 0. The number of hydrogen-bond acceptors (Lipinski definition) is 2. The van der Waals surface area contributed by atoms with Gasteiger partial charge in [-0.15, -0.1) is 0 Å². The van der Waals surface area contributed by atoms with Gasteiger partial charge in [0.15, 0.2) is 0 Å². The molecule has 0 saturated carbocycles. The quantitative estimate of drug-likeness (QED) is 0.876. The van der Waals surface area contributed by atoms with Crippen molar-refractivity contribution in [2.75, 3.05) is 5.32 Å². The van der Waals surface area contributed by atoms with Gasteiger partial charge in [-0.2, -0.15) is 0 Å². The summed E-state index contributed by atoms with van der Waals surface area (Å²) in [5.74, 6) is -0.262. The first-order valence-electron chi connectivity index (χ1n) is 5.11. The van der Waals surface area contributed by atoms with Crippen LogP contribution in [0.4, 0.5) is 5.69 Å². The van der Waals surface area contributed by atoms with Gasteiger partial charge in [0.2, 0.25) is 0 Å². The molecule has 0 bridgehead atoms. The minimum absolute atomic E-state index is 0.0805. The normalized spacial score (nSPS) is 10.1. The minimum atomic E-state index is -0.343. The fourth-order valence-electron chi connectivity index (χ4n) is 1.47. The van der Waals surface area contributed by atoms with E-state index in [1.807, 2.05) is 0 Å². The molecule has 18 heavy (non-hydrogen) atoms. The molecule has 0 heterocycles. The smallest absolute Gasteiger partial charge is 0.255 e. The zero-order chi connectivity index (χ0) is 13.1. The van der Waals surface area contributed by atoms with Crippen LogP contribution in [0.3, 0.4) is 0 Å². The number of hydrogen-bond donors (Lipinski definition) is 2. The average molecular weight is 282 g/mol. The number of nitrogens with one attached hydrogen (secondary N) is 1. The summed E-state index contributed by atoms with van der Waals surface area (Å²) in [5.41, 5.74) is 0.854. The van der Waals surface area contributed by atoms with Crippen molar-refractivity contribution in [1.82, 2.24) is 0 Å². The van der Waals surface area contributed by atoms with Crippen molar-refractivity contribution >= 4 is 34.8 Å². The maximum Gasteiger partial charge on any atom is 0.255 e. The Balaban J connectivity index is 2.22. The Morgan fingerprint density at radius 1 is 1.06 bits per heavy atom. The van der Waals surface area contributed by atoms with Crippen LogP contribution in [0.15, 0.2) is 42.5 Å². The van der Waals surface area contributed by atoms with Crippen LogP contribution in [-0.4, -0.2) is 11.0 Å². The maximum absolute atomic E-state index is 11.9. The third-order valence-electron chi connectivity index (χ3n) is 2.23. The van der Waals surface area contributed by atoms with E-state index in [2.05, 4.69) is 5.32 Å². The van der Waals surface area contributed by atoms with Crippen molar-refractivity contribution < 1.29 is 9.90 Å². The monoisotopic (exact) mass is 281 g/mol. The molecule has 0 aliphatic carbocycles. The number of phenols is 1. The second kappa shape index (κ2) is 5.29. The standard InChI is InChI=1S/C13H9Cl2NO2/c14-9-4-8(5-10(15)6-9)13(18)16-11-2-1-3-12(17)7-11/h1-7,17H,(H,16,18). The highest BCUT2D eigenvalue weighted by Crippen LogP contribution is 2.21. The van der Waals surface area contributed by atoms with Gasteiger partial charge in [0, 0.05) is 27.4 Å². The molecule has 0 fully saturated rings. The van der Waals surface area contributed by atoms with Crippen molar-refractivity contribution in [2.45, 2.75) is 0 Å². The Morgan fingerprint density at radius 2 is 1.72 bits per heavy atom. The predicted molar refractivity (Wildman–Crippen MR) is 72.5 cm³/mol. The van der Waals surface area contributed by atoms with Crippen molar-refractivity contribution in [1.29, 1.82) is 0 Å². The second-order valence-corrected chi connectivity index (χ2v) is 4.54. The molecule has 1 amide bonds. The lowest BCUT2D eigenvalue weighted by Gasteiger charge is -2.06. The highest BCUT2D eigenvalue weighted by Gasteiger charge is 2.08. The summed E-state index contributed by atoms with van der Waals surface area (Å²) in [5, 5.41) is 12.7. The lowest BCUT2D eigenvalue weighted by molar-refractivity contribution is 0.102. The molecule has 2 aromatic rings. The first-order chi connectivity index (χ1) is 8.54. The van der Waals surface area contributed by atoms with Crippen LogP contribution in [0.1, 0.15) is 10.4 Å². The van der Waals surface area contributed by atoms with E-state index >= 15 is 0 Å². The van der Waals surface area contributed by atoms with Gasteiger partial charge in [-0.1, -0.05) is 29.3 Å². The number of phenolic OH excluding ortho intramolecular Hbond substituents is 1. The molecule has 0 unspecified atom stereocenters. The topological polar surface area (TPSA) is 49.3 Å². The van der Waals surface area contributed by atoms with E-state index in [0.29, 0.717) is 21.3 Å². The van der Waals surface area contributed by atoms with E-state index in [-0.39, 0.29) is 11.7 Å². The molecule has 2 N–H and O–H groups in total. The van der Waals surface area contributed by atoms with Crippen LogP contribution in [0.5, 0.6) is 5.75 Å². The van der Waals surface area contributed by atoms with Crippen LogP contribution >= 0.6 is 23.2 Å². The van der Waals surface area contributed by atoms with Gasteiger partial charge < -0.3 is 10.4 Å². The summed E-state index contributed by atoms with van der Waals surface area (Å²) in [7, 11) is 0. The molecule has 0 aliphatic rings. The highest BCUT2D eigenvalue weighted by molar-refractivity contribution is 6.35. The van der Waals surface area contributed by atoms with Crippen LogP contribution in [0, 0.1) is 0 Å². The van der Waals surface area contributed by atoms with Gasteiger partial charge in [0.25, 0.3) is 5.91 Å². The van der Waals surface area contributed by atoms with E-state index in [4.69, 9.17) is 23.2 Å². The molecule has 0 spiro atoms. The Morgan fingerprint density at radius 3 is 2.33 bits per heavy atom. The van der Waals surface area contributed by atoms with Gasteiger partial charge in [0.1, 0.15) is 5.75 Å². The van der Waals surface area contributed by atoms with E-state index in [1.165, 1.54) is 24.3 Å². The molecule has 0 radical (unpaired) electrons. The van der Waals surface area contributed by atoms with Gasteiger partial charge in [-0.25, -0.2) is 0 Å². The van der Waals surface area contributed by atoms with Gasteiger partial charge in [0.05, 0.1) is 0 Å². The van der Waals surface area contributed by atoms with Crippen molar-refractivity contribution in [2.24, 2.45) is 0 Å². The molecular weight excluding hydrogens is 273 g/mol. The molecule has 0 aromatic heterocycles. The summed E-state index contributed by atoms with van der Waals surface area (Å²) in [4.78, 5) is 11.9. The first kappa shape index (κ1) is 12.7. The third kappa shape index (κ3) is 3.15. The molecule has 0 saturated heterocycles. The Hall–Kier alpha value is -1.71. The molecule has 5 heteroatoms. The number of amides is 1. The molecule has 0 aliphatic heterocycles. The van der Waals surface area contributed by atoms with Crippen LogP contribution in [0.2, 0.25) is 10.0 Å². The Labute approximate surface area is 114 Å². The number of benzene rings is 2. The Bertz CT molecular complexity index is 579. The summed E-state index contributed by atoms with van der Waals surface area (Å²) in [6, 6.07) is 10.9. The fraction of sp³-hybridized carbons (Fsp3) is 0. The zero-order valence-electron chi connectivity index (χ0n) is 9.15. The number of anilines is 1. The number of halogens is 2. The van der Waals surface area contributed by atoms with Crippen LogP contribution in [-0.2, 0) is 0 Å². The predicted octanol–water partition coefficient (Wildman–Crippen LogP) is 3.95. The zero-order valence-corrected chi connectivity index (χ0v) is 10.7. The number of aromatic hydroxyl groups is 1. The third-order valence-corrected chi connectivity index (χ3v) is 2.67. The molecule has 0 atom stereocenters. The largest absolute Gasteiger partial charge is 0.508 e. The summed E-state index contributed by atoms with van der Waals surface area (Å²) in [6.45, 7) is 0. The van der Waals surface area contributed by atoms with Gasteiger partial charge >= 0.3 is 0 Å². The van der Waals surface area contributed by atoms with E-state index < -0.39 is 0 Å². The molecule has 2 rings (SSSR count). The van der Waals surface area contributed by atoms with E-state index in [9.17, 15) is 9.90 Å². The summed E-state index contributed by atoms with van der Waals surface area (Å²) >= 11 is 11.6. The average Bonchev–Trinajstić information content (AvgIpc) is 2.27. The fourth-order valence-corrected chi connectivity index (χ4v) is 2.00. The second-order valence-electron chi connectivity index (χ2n) is 3.66. The lowest BCUT2D eigenvalue weighted by atomic mass is 10.2. The lowest BCUT2D eigenvalue weighted by Crippen LogP contribution is -2.11. The molecule has 3 nitrogen and oxygen atoms in total. The molecular formula is C13H9Cl2NO2. The SMILES string of the molecule is O=C(Nc1cccc(O)c1)c1cc(Cl)cc(Cl)c1. The van der Waals surface area contributed by atoms with Crippen molar-refractivity contribution in [3.8, 4) is 5.75 Å². The first-order valence-corrected chi connectivity index (χ1v) is 5.87. The molecule has 92 valence electrons. The Kier molecular flexibility index (Phi) is 3.75. The van der Waals surface area contributed by atoms with E-state index in [0.717, 1.165) is 0 Å². The summed E-state index contributed by atoms with van der Waals surface area (Å²) in [6.07, 6.45) is 0. The minimum Gasteiger partial charge on any atom is -0.508 e. The van der Waals surface area contributed by atoms with E-state index in [1.54, 1.807) is 18.2 Å².